The van der Waals surface area contributed by atoms with Crippen LogP contribution in [0.5, 0.6) is 0 Å². The van der Waals surface area contributed by atoms with Crippen LogP contribution in [0.1, 0.15) is 24.5 Å². The van der Waals surface area contributed by atoms with Gasteiger partial charge >= 0.3 is 5.97 Å². The van der Waals surface area contributed by atoms with Gasteiger partial charge < -0.3 is 9.30 Å². The summed E-state index contributed by atoms with van der Waals surface area (Å²) >= 11 is 7.47. The van der Waals surface area contributed by atoms with Gasteiger partial charge in [-0.1, -0.05) is 11.6 Å². The van der Waals surface area contributed by atoms with E-state index in [9.17, 15) is 4.79 Å². The number of methoxy groups -OCH3 is 1. The second kappa shape index (κ2) is 4.98. The van der Waals surface area contributed by atoms with Crippen molar-refractivity contribution in [2.75, 3.05) is 7.11 Å². The minimum atomic E-state index is -0.199. The molecule has 1 aliphatic heterocycles. The Balaban J connectivity index is 2.03. The van der Waals surface area contributed by atoms with Crippen molar-refractivity contribution in [2.24, 2.45) is 0 Å². The lowest BCUT2D eigenvalue weighted by Gasteiger charge is -2.23. The molecular formula is C13H13ClN2O2S. The Hall–Kier alpha value is -1.33. The van der Waals surface area contributed by atoms with Crippen LogP contribution >= 0.6 is 22.9 Å². The molecule has 0 amide bonds. The van der Waals surface area contributed by atoms with E-state index in [4.69, 9.17) is 16.3 Å². The molecule has 3 rings (SSSR count). The van der Waals surface area contributed by atoms with Crippen molar-refractivity contribution in [1.82, 2.24) is 9.55 Å². The first-order valence-corrected chi connectivity index (χ1v) is 7.29. The van der Waals surface area contributed by atoms with Gasteiger partial charge in [-0.15, -0.1) is 11.3 Å². The molecule has 0 saturated heterocycles. The maximum absolute atomic E-state index is 11.8. The molecule has 1 atom stereocenters. The Morgan fingerprint density at radius 3 is 3.11 bits per heavy atom. The van der Waals surface area contributed by atoms with E-state index < -0.39 is 0 Å². The number of fused-ring (bicyclic) bond motifs is 1. The summed E-state index contributed by atoms with van der Waals surface area (Å²) in [5.74, 6) is 0.507. The fraction of sp³-hybridized carbons (Fsp3) is 0.385. The Morgan fingerprint density at radius 1 is 1.58 bits per heavy atom. The second-order valence-corrected chi connectivity index (χ2v) is 6.20. The number of carbonyl (C=O) groups excluding carboxylic acids is 1. The van der Waals surface area contributed by atoms with E-state index in [0.717, 1.165) is 40.1 Å². The zero-order valence-corrected chi connectivity index (χ0v) is 12.0. The normalized spacial score (nSPS) is 18.1. The van der Waals surface area contributed by atoms with Crippen LogP contribution in [-0.2, 0) is 16.1 Å². The van der Waals surface area contributed by atoms with E-state index >= 15 is 0 Å². The van der Waals surface area contributed by atoms with Crippen LogP contribution < -0.4 is 0 Å². The van der Waals surface area contributed by atoms with Crippen molar-refractivity contribution >= 4 is 28.9 Å². The minimum absolute atomic E-state index is 0.184. The molecule has 0 spiro atoms. The van der Waals surface area contributed by atoms with E-state index in [1.807, 2.05) is 12.1 Å². The third-order valence-corrected chi connectivity index (χ3v) is 4.62. The van der Waals surface area contributed by atoms with Crippen molar-refractivity contribution in [3.63, 3.8) is 0 Å². The molecule has 1 aliphatic rings. The maximum Gasteiger partial charge on any atom is 0.314 e. The highest BCUT2D eigenvalue weighted by molar-refractivity contribution is 7.19. The molecule has 100 valence electrons. The molecule has 3 heterocycles. The molecule has 1 unspecified atom stereocenters. The molecule has 2 aromatic heterocycles. The molecular weight excluding hydrogens is 284 g/mol. The number of halogens is 1. The second-order valence-electron chi connectivity index (χ2n) is 4.48. The summed E-state index contributed by atoms with van der Waals surface area (Å²) in [6.45, 7) is 0.883. The molecule has 0 fully saturated rings. The van der Waals surface area contributed by atoms with Gasteiger partial charge in [0.25, 0.3) is 0 Å². The third-order valence-electron chi connectivity index (χ3n) is 3.40. The Labute approximate surface area is 120 Å². The smallest absolute Gasteiger partial charge is 0.314 e. The van der Waals surface area contributed by atoms with Gasteiger partial charge in [-0.3, -0.25) is 4.79 Å². The first kappa shape index (κ1) is 12.7. The van der Waals surface area contributed by atoms with Crippen LogP contribution in [0.2, 0.25) is 4.34 Å². The van der Waals surface area contributed by atoms with Crippen LogP contribution in [0.4, 0.5) is 0 Å². The number of ether oxygens (including phenoxy) is 1. The molecule has 0 aromatic carbocycles. The predicted molar refractivity (Wildman–Crippen MR) is 74.5 cm³/mol. The lowest BCUT2D eigenvalue weighted by molar-refractivity contribution is -0.143. The average molecular weight is 297 g/mol. The maximum atomic E-state index is 11.8. The molecule has 4 nitrogen and oxygen atoms in total. The predicted octanol–water partition coefficient (Wildman–Crippen LogP) is 3.32. The average Bonchev–Trinajstić information content (AvgIpc) is 3.03. The van der Waals surface area contributed by atoms with Crippen LogP contribution in [0.25, 0.3) is 10.7 Å². The monoisotopic (exact) mass is 296 g/mol. The van der Waals surface area contributed by atoms with Crippen molar-refractivity contribution in [3.05, 3.63) is 28.4 Å². The fourth-order valence-corrected chi connectivity index (χ4v) is 3.56. The Kier molecular flexibility index (Phi) is 3.33. The van der Waals surface area contributed by atoms with E-state index in [1.165, 1.54) is 18.4 Å². The van der Waals surface area contributed by atoms with Crippen molar-refractivity contribution in [2.45, 2.75) is 25.3 Å². The zero-order chi connectivity index (χ0) is 13.4. The van der Waals surface area contributed by atoms with Crippen molar-refractivity contribution < 1.29 is 9.53 Å². The number of thiophene rings is 1. The summed E-state index contributed by atoms with van der Waals surface area (Å²) in [7, 11) is 1.43. The lowest BCUT2D eigenvalue weighted by Crippen LogP contribution is -2.23. The highest BCUT2D eigenvalue weighted by Crippen LogP contribution is 2.35. The van der Waals surface area contributed by atoms with Gasteiger partial charge in [-0.2, -0.15) is 0 Å². The van der Waals surface area contributed by atoms with Gasteiger partial charge in [-0.05, 0) is 25.0 Å². The number of nitrogens with zero attached hydrogens (tertiary/aromatic N) is 2. The van der Waals surface area contributed by atoms with Crippen molar-refractivity contribution in [1.29, 1.82) is 0 Å². The number of rotatable bonds is 2. The molecule has 0 bridgehead atoms. The van der Waals surface area contributed by atoms with Gasteiger partial charge in [0.05, 0.1) is 27.9 Å². The Bertz CT molecular complexity index is 620. The van der Waals surface area contributed by atoms with Gasteiger partial charge in [-0.25, -0.2) is 4.98 Å². The summed E-state index contributed by atoms with van der Waals surface area (Å²) in [5.41, 5.74) is 0.942. The minimum Gasteiger partial charge on any atom is -0.469 e. The third kappa shape index (κ3) is 2.17. The first-order valence-electron chi connectivity index (χ1n) is 6.09. The van der Waals surface area contributed by atoms with E-state index in [-0.39, 0.29) is 11.9 Å². The number of esters is 1. The van der Waals surface area contributed by atoms with Gasteiger partial charge in [0.1, 0.15) is 5.82 Å². The largest absolute Gasteiger partial charge is 0.469 e. The summed E-state index contributed by atoms with van der Waals surface area (Å²) in [6, 6.07) is 3.83. The molecule has 0 radical (unpaired) electrons. The van der Waals surface area contributed by atoms with Gasteiger partial charge in [0.2, 0.25) is 0 Å². The SMILES string of the molecule is COC(=O)C1CCCn2c1cnc2-c1ccc(Cl)s1. The molecule has 2 aromatic rings. The summed E-state index contributed by atoms with van der Waals surface area (Å²) < 4.78 is 7.71. The summed E-state index contributed by atoms with van der Waals surface area (Å²) in [6.07, 6.45) is 3.56. The summed E-state index contributed by atoms with van der Waals surface area (Å²) in [5, 5.41) is 0. The quantitative estimate of drug-likeness (QED) is 0.799. The fourth-order valence-electron chi connectivity index (χ4n) is 2.52. The molecule has 0 saturated carbocycles. The van der Waals surface area contributed by atoms with E-state index in [2.05, 4.69) is 9.55 Å². The standard InChI is InChI=1S/C13H13ClN2O2S/c1-18-13(17)8-3-2-6-16-9(8)7-15-12(16)10-4-5-11(14)19-10/h4-5,7-8H,2-3,6H2,1H3. The number of hydrogen-bond donors (Lipinski definition) is 0. The van der Waals surface area contributed by atoms with Crippen LogP contribution in [-0.4, -0.2) is 22.6 Å². The van der Waals surface area contributed by atoms with Gasteiger partial charge in [0, 0.05) is 12.7 Å². The first-order chi connectivity index (χ1) is 9.20. The highest BCUT2D eigenvalue weighted by Gasteiger charge is 2.30. The van der Waals surface area contributed by atoms with Crippen LogP contribution in [0.15, 0.2) is 18.3 Å². The highest BCUT2D eigenvalue weighted by atomic mass is 35.5. The Morgan fingerprint density at radius 2 is 2.42 bits per heavy atom. The molecule has 6 heteroatoms. The summed E-state index contributed by atoms with van der Waals surface area (Å²) in [4.78, 5) is 17.3. The molecule has 0 aliphatic carbocycles. The number of imidazole rings is 1. The van der Waals surface area contributed by atoms with E-state index in [0.29, 0.717) is 0 Å². The topological polar surface area (TPSA) is 44.1 Å². The van der Waals surface area contributed by atoms with Crippen LogP contribution in [0, 0.1) is 0 Å². The van der Waals surface area contributed by atoms with Crippen molar-refractivity contribution in [3.8, 4) is 10.7 Å². The van der Waals surface area contributed by atoms with Gasteiger partial charge in [0.15, 0.2) is 0 Å². The number of carbonyl (C=O) groups is 1. The lowest BCUT2D eigenvalue weighted by atomic mass is 9.96. The number of hydrogen-bond acceptors (Lipinski definition) is 4. The molecule has 0 N–H and O–H groups in total. The van der Waals surface area contributed by atoms with E-state index in [1.54, 1.807) is 6.20 Å². The molecule has 19 heavy (non-hydrogen) atoms. The van der Waals surface area contributed by atoms with Crippen LogP contribution in [0.3, 0.4) is 0 Å². The zero-order valence-electron chi connectivity index (χ0n) is 10.4. The number of aromatic nitrogens is 2.